The van der Waals surface area contributed by atoms with Gasteiger partial charge in [-0.25, -0.2) is 0 Å². The SMILES string of the molecule is COc1ccc(OC)c(CN(CC2(C)CCNC2)C2CC2)c1.Cl. The van der Waals surface area contributed by atoms with Crippen molar-refractivity contribution in [2.75, 3.05) is 33.9 Å². The van der Waals surface area contributed by atoms with Crippen LogP contribution in [0.1, 0.15) is 31.7 Å². The van der Waals surface area contributed by atoms with Gasteiger partial charge >= 0.3 is 0 Å². The summed E-state index contributed by atoms with van der Waals surface area (Å²) in [4.78, 5) is 2.64. The van der Waals surface area contributed by atoms with E-state index in [0.29, 0.717) is 5.41 Å². The molecule has 0 radical (unpaired) electrons. The van der Waals surface area contributed by atoms with E-state index in [-0.39, 0.29) is 12.4 Å². The molecule has 5 heteroatoms. The van der Waals surface area contributed by atoms with Crippen LogP contribution in [0.4, 0.5) is 0 Å². The lowest BCUT2D eigenvalue weighted by Gasteiger charge is -2.32. The van der Waals surface area contributed by atoms with Crippen molar-refractivity contribution in [2.24, 2.45) is 5.41 Å². The lowest BCUT2D eigenvalue weighted by molar-refractivity contribution is 0.161. The molecule has 1 aromatic carbocycles. The first-order chi connectivity index (χ1) is 10.6. The Kier molecular flexibility index (Phi) is 6.18. The van der Waals surface area contributed by atoms with Crippen molar-refractivity contribution in [3.05, 3.63) is 23.8 Å². The third-order valence-corrected chi connectivity index (χ3v) is 4.97. The molecule has 0 spiro atoms. The molecule has 0 bridgehead atoms. The maximum absolute atomic E-state index is 5.55. The zero-order valence-electron chi connectivity index (χ0n) is 14.4. The molecule has 1 N–H and O–H groups in total. The zero-order valence-corrected chi connectivity index (χ0v) is 15.2. The fraction of sp³-hybridized carbons (Fsp3) is 0.667. The zero-order chi connectivity index (χ0) is 15.6. The molecule has 1 aliphatic heterocycles. The van der Waals surface area contributed by atoms with Crippen LogP contribution in [-0.4, -0.2) is 44.8 Å². The van der Waals surface area contributed by atoms with Crippen molar-refractivity contribution in [2.45, 2.75) is 38.8 Å². The molecule has 2 aliphatic rings. The quantitative estimate of drug-likeness (QED) is 0.827. The van der Waals surface area contributed by atoms with Crippen molar-refractivity contribution < 1.29 is 9.47 Å². The molecule has 1 aromatic rings. The van der Waals surface area contributed by atoms with E-state index in [0.717, 1.165) is 43.7 Å². The van der Waals surface area contributed by atoms with E-state index in [1.807, 2.05) is 12.1 Å². The topological polar surface area (TPSA) is 33.7 Å². The largest absolute Gasteiger partial charge is 0.497 e. The van der Waals surface area contributed by atoms with E-state index >= 15 is 0 Å². The average Bonchev–Trinajstić information content (AvgIpc) is 3.29. The van der Waals surface area contributed by atoms with Crippen LogP contribution < -0.4 is 14.8 Å². The molecule has 1 saturated carbocycles. The van der Waals surface area contributed by atoms with Gasteiger partial charge in [-0.05, 0) is 49.4 Å². The molecular formula is C18H29ClN2O2. The van der Waals surface area contributed by atoms with Gasteiger partial charge in [-0.1, -0.05) is 6.92 Å². The molecule has 4 nitrogen and oxygen atoms in total. The highest BCUT2D eigenvalue weighted by Gasteiger charge is 2.36. The van der Waals surface area contributed by atoms with Crippen LogP contribution in [-0.2, 0) is 6.54 Å². The molecule has 1 heterocycles. The van der Waals surface area contributed by atoms with Crippen LogP contribution in [0.25, 0.3) is 0 Å². The fourth-order valence-electron chi connectivity index (χ4n) is 3.47. The molecule has 0 amide bonds. The minimum absolute atomic E-state index is 0. The van der Waals surface area contributed by atoms with E-state index < -0.39 is 0 Å². The Labute approximate surface area is 145 Å². The van der Waals surface area contributed by atoms with Gasteiger partial charge in [-0.3, -0.25) is 4.90 Å². The number of hydrogen-bond acceptors (Lipinski definition) is 4. The number of nitrogens with zero attached hydrogens (tertiary/aromatic N) is 1. The van der Waals surface area contributed by atoms with Gasteiger partial charge in [0.25, 0.3) is 0 Å². The van der Waals surface area contributed by atoms with Crippen molar-refractivity contribution in [1.82, 2.24) is 10.2 Å². The molecule has 1 unspecified atom stereocenters. The van der Waals surface area contributed by atoms with Crippen molar-refractivity contribution in [1.29, 1.82) is 0 Å². The summed E-state index contributed by atoms with van der Waals surface area (Å²) >= 11 is 0. The third-order valence-electron chi connectivity index (χ3n) is 4.97. The van der Waals surface area contributed by atoms with Crippen LogP contribution in [0.2, 0.25) is 0 Å². The summed E-state index contributed by atoms with van der Waals surface area (Å²) in [5.74, 6) is 1.86. The molecular weight excluding hydrogens is 312 g/mol. The monoisotopic (exact) mass is 340 g/mol. The standard InChI is InChI=1S/C18H28N2O2.ClH/c1-18(8-9-19-12-18)13-20(15-4-5-15)11-14-10-16(21-2)6-7-17(14)22-3;/h6-7,10,15,19H,4-5,8-9,11-13H2,1-3H3;1H. The second kappa shape index (κ2) is 7.73. The van der Waals surface area contributed by atoms with Gasteiger partial charge in [-0.15, -0.1) is 12.4 Å². The predicted octanol–water partition coefficient (Wildman–Crippen LogP) is 3.09. The maximum atomic E-state index is 5.55. The van der Waals surface area contributed by atoms with E-state index in [4.69, 9.17) is 9.47 Å². The normalized spacial score (nSPS) is 23.7. The number of hydrogen-bond donors (Lipinski definition) is 1. The Bertz CT molecular complexity index is 514. The molecule has 130 valence electrons. The predicted molar refractivity (Wildman–Crippen MR) is 95.8 cm³/mol. The van der Waals surface area contributed by atoms with Crippen LogP contribution >= 0.6 is 12.4 Å². The first-order valence-corrected chi connectivity index (χ1v) is 8.29. The number of ether oxygens (including phenoxy) is 2. The molecule has 1 atom stereocenters. The number of methoxy groups -OCH3 is 2. The van der Waals surface area contributed by atoms with Crippen molar-refractivity contribution in [3.8, 4) is 11.5 Å². The Hall–Kier alpha value is -0.970. The smallest absolute Gasteiger partial charge is 0.123 e. The minimum atomic E-state index is 0. The van der Waals surface area contributed by atoms with Gasteiger partial charge in [-0.2, -0.15) is 0 Å². The van der Waals surface area contributed by atoms with Crippen LogP contribution in [0.15, 0.2) is 18.2 Å². The van der Waals surface area contributed by atoms with E-state index in [9.17, 15) is 0 Å². The summed E-state index contributed by atoms with van der Waals surface area (Å²) in [5, 5.41) is 3.51. The highest BCUT2D eigenvalue weighted by atomic mass is 35.5. The maximum Gasteiger partial charge on any atom is 0.123 e. The van der Waals surface area contributed by atoms with Gasteiger partial charge in [0.2, 0.25) is 0 Å². The second-order valence-electron chi connectivity index (χ2n) is 7.05. The van der Waals surface area contributed by atoms with Crippen LogP contribution in [0.5, 0.6) is 11.5 Å². The number of nitrogens with one attached hydrogen (secondary N) is 1. The van der Waals surface area contributed by atoms with Crippen LogP contribution in [0.3, 0.4) is 0 Å². The Morgan fingerprint density at radius 3 is 2.61 bits per heavy atom. The van der Waals surface area contributed by atoms with Crippen LogP contribution in [0, 0.1) is 5.41 Å². The fourth-order valence-corrected chi connectivity index (χ4v) is 3.47. The summed E-state index contributed by atoms with van der Waals surface area (Å²) in [7, 11) is 3.46. The summed E-state index contributed by atoms with van der Waals surface area (Å²) in [6.07, 6.45) is 3.93. The lowest BCUT2D eigenvalue weighted by atomic mass is 9.89. The van der Waals surface area contributed by atoms with Gasteiger partial charge in [0.1, 0.15) is 11.5 Å². The van der Waals surface area contributed by atoms with Gasteiger partial charge in [0.15, 0.2) is 0 Å². The highest BCUT2D eigenvalue weighted by Crippen LogP contribution is 2.36. The third kappa shape index (κ3) is 4.52. The summed E-state index contributed by atoms with van der Waals surface area (Å²) in [6, 6.07) is 6.83. The average molecular weight is 341 g/mol. The molecule has 2 fully saturated rings. The first kappa shape index (κ1) is 18.4. The molecule has 23 heavy (non-hydrogen) atoms. The van der Waals surface area contributed by atoms with E-state index in [2.05, 4.69) is 23.2 Å². The highest BCUT2D eigenvalue weighted by molar-refractivity contribution is 5.85. The Morgan fingerprint density at radius 1 is 1.26 bits per heavy atom. The lowest BCUT2D eigenvalue weighted by Crippen LogP contribution is -2.38. The van der Waals surface area contributed by atoms with Crippen molar-refractivity contribution >= 4 is 12.4 Å². The molecule has 1 saturated heterocycles. The summed E-state index contributed by atoms with van der Waals surface area (Å²) < 4.78 is 10.9. The molecule has 0 aromatic heterocycles. The van der Waals surface area contributed by atoms with Gasteiger partial charge in [0.05, 0.1) is 14.2 Å². The summed E-state index contributed by atoms with van der Waals surface area (Å²) in [6.45, 7) is 6.79. The van der Waals surface area contributed by atoms with E-state index in [1.54, 1.807) is 14.2 Å². The van der Waals surface area contributed by atoms with Gasteiger partial charge < -0.3 is 14.8 Å². The van der Waals surface area contributed by atoms with E-state index in [1.165, 1.54) is 24.8 Å². The van der Waals surface area contributed by atoms with Crippen molar-refractivity contribution in [3.63, 3.8) is 0 Å². The Morgan fingerprint density at radius 2 is 2.04 bits per heavy atom. The second-order valence-corrected chi connectivity index (χ2v) is 7.05. The Balaban J connectivity index is 0.00000192. The first-order valence-electron chi connectivity index (χ1n) is 8.29. The number of rotatable bonds is 7. The minimum Gasteiger partial charge on any atom is -0.497 e. The molecule has 3 rings (SSSR count). The molecule has 1 aliphatic carbocycles. The number of halogens is 1. The van der Waals surface area contributed by atoms with Gasteiger partial charge in [0, 0.05) is 31.2 Å². The number of benzene rings is 1. The summed E-state index contributed by atoms with van der Waals surface area (Å²) in [5.41, 5.74) is 1.62.